The van der Waals surface area contributed by atoms with Crippen LogP contribution in [0.3, 0.4) is 0 Å². The molecule has 1 saturated heterocycles. The molecule has 0 radical (unpaired) electrons. The molecule has 0 saturated carbocycles. The van der Waals surface area contributed by atoms with Crippen LogP contribution in [0.1, 0.15) is 12.8 Å². The van der Waals surface area contributed by atoms with E-state index in [1.54, 1.807) is 12.4 Å². The quantitative estimate of drug-likeness (QED) is 0.847. The summed E-state index contributed by atoms with van der Waals surface area (Å²) in [7, 11) is 0. The van der Waals surface area contributed by atoms with Crippen LogP contribution in [0.4, 0.5) is 11.6 Å². The second-order valence-electron chi connectivity index (χ2n) is 4.62. The third kappa shape index (κ3) is 2.24. The zero-order valence-electron chi connectivity index (χ0n) is 10.2. The number of hydrogen-bond donors (Lipinski definition) is 2. The first-order valence-electron chi connectivity index (χ1n) is 6.24. The average molecular weight is 247 g/mol. The van der Waals surface area contributed by atoms with E-state index in [-0.39, 0.29) is 0 Å². The molecule has 0 amide bonds. The molecular formula is C12H17N5O. The molecule has 6 heteroatoms. The molecule has 2 aromatic rings. The Labute approximate surface area is 105 Å². The van der Waals surface area contributed by atoms with Crippen molar-refractivity contribution in [2.75, 3.05) is 30.8 Å². The van der Waals surface area contributed by atoms with Gasteiger partial charge in [-0.3, -0.25) is 0 Å². The number of hydrogen-bond acceptors (Lipinski definition) is 5. The van der Waals surface area contributed by atoms with Gasteiger partial charge in [-0.15, -0.1) is 0 Å². The van der Waals surface area contributed by atoms with E-state index >= 15 is 0 Å². The maximum Gasteiger partial charge on any atom is 0.180 e. The minimum absolute atomic E-state index is 0.493. The second-order valence-corrected chi connectivity index (χ2v) is 4.62. The van der Waals surface area contributed by atoms with Gasteiger partial charge in [0.15, 0.2) is 11.5 Å². The molecule has 18 heavy (non-hydrogen) atoms. The smallest absolute Gasteiger partial charge is 0.180 e. The van der Waals surface area contributed by atoms with Crippen molar-refractivity contribution >= 4 is 17.3 Å². The summed E-state index contributed by atoms with van der Waals surface area (Å²) in [5, 5.41) is 3.31. The highest BCUT2D eigenvalue weighted by Gasteiger charge is 2.15. The number of nitrogens with two attached hydrogens (primary N) is 1. The Balaban J connectivity index is 1.67. The normalized spacial score (nSPS) is 19.4. The monoisotopic (exact) mass is 247 g/mol. The lowest BCUT2D eigenvalue weighted by Gasteiger charge is -2.10. The molecule has 1 aliphatic heterocycles. The van der Waals surface area contributed by atoms with Crippen LogP contribution >= 0.6 is 0 Å². The van der Waals surface area contributed by atoms with Crippen molar-refractivity contribution in [2.45, 2.75) is 12.8 Å². The van der Waals surface area contributed by atoms with E-state index in [0.29, 0.717) is 11.7 Å². The number of fused-ring (bicyclic) bond motifs is 1. The van der Waals surface area contributed by atoms with Crippen LogP contribution in [-0.2, 0) is 4.74 Å². The Bertz CT molecular complexity index is 532. The van der Waals surface area contributed by atoms with Gasteiger partial charge < -0.3 is 20.2 Å². The summed E-state index contributed by atoms with van der Waals surface area (Å²) in [6.45, 7) is 2.64. The van der Waals surface area contributed by atoms with Gasteiger partial charge in [-0.1, -0.05) is 0 Å². The molecule has 96 valence electrons. The Morgan fingerprint density at radius 3 is 3.33 bits per heavy atom. The highest BCUT2D eigenvalue weighted by molar-refractivity contribution is 5.64. The number of rotatable bonds is 4. The molecule has 1 aliphatic rings. The fourth-order valence-corrected chi connectivity index (χ4v) is 2.28. The molecule has 1 atom stereocenters. The van der Waals surface area contributed by atoms with Crippen molar-refractivity contribution in [3.63, 3.8) is 0 Å². The number of ether oxygens (including phenoxy) is 1. The highest BCUT2D eigenvalue weighted by atomic mass is 16.5. The molecule has 3 N–H and O–H groups in total. The standard InChI is InChI=1S/C12H17N5O/c13-10-7-17-5-4-15-12(17)11(16-10)14-3-1-9-2-6-18-8-9/h4-5,7,9H,1-3,6,8,13H2,(H,14,16). The molecule has 1 fully saturated rings. The minimum atomic E-state index is 0.493. The van der Waals surface area contributed by atoms with Crippen molar-refractivity contribution in [3.8, 4) is 0 Å². The van der Waals surface area contributed by atoms with Crippen LogP contribution in [0.15, 0.2) is 18.6 Å². The van der Waals surface area contributed by atoms with Crippen molar-refractivity contribution in [2.24, 2.45) is 5.92 Å². The fraction of sp³-hybridized carbons (Fsp3) is 0.500. The summed E-state index contributed by atoms with van der Waals surface area (Å²) >= 11 is 0. The lowest BCUT2D eigenvalue weighted by atomic mass is 10.1. The van der Waals surface area contributed by atoms with Crippen molar-refractivity contribution in [3.05, 3.63) is 18.6 Å². The van der Waals surface area contributed by atoms with Crippen LogP contribution in [0.5, 0.6) is 0 Å². The summed E-state index contributed by atoms with van der Waals surface area (Å²) in [5.74, 6) is 1.90. The molecule has 3 rings (SSSR count). The number of nitrogens with one attached hydrogen (secondary N) is 1. The summed E-state index contributed by atoms with van der Waals surface area (Å²) in [4.78, 5) is 8.56. The Morgan fingerprint density at radius 1 is 1.56 bits per heavy atom. The molecule has 1 unspecified atom stereocenters. The first-order chi connectivity index (χ1) is 8.83. The lowest BCUT2D eigenvalue weighted by molar-refractivity contribution is 0.185. The molecular weight excluding hydrogens is 230 g/mol. The number of imidazole rings is 1. The van der Waals surface area contributed by atoms with Gasteiger partial charge in [0.1, 0.15) is 5.82 Å². The zero-order valence-corrected chi connectivity index (χ0v) is 10.2. The van der Waals surface area contributed by atoms with Gasteiger partial charge in [0.2, 0.25) is 0 Å². The third-order valence-electron chi connectivity index (χ3n) is 3.26. The van der Waals surface area contributed by atoms with Gasteiger partial charge in [0, 0.05) is 32.2 Å². The Morgan fingerprint density at radius 2 is 2.50 bits per heavy atom. The topological polar surface area (TPSA) is 77.5 Å². The SMILES string of the molecule is Nc1cn2ccnc2c(NCCC2CCOC2)n1. The number of nitrogens with zero attached hydrogens (tertiary/aromatic N) is 3. The molecule has 0 aliphatic carbocycles. The first-order valence-corrected chi connectivity index (χ1v) is 6.24. The molecule has 3 heterocycles. The maximum absolute atomic E-state index is 5.76. The van der Waals surface area contributed by atoms with E-state index in [4.69, 9.17) is 10.5 Å². The first kappa shape index (κ1) is 11.3. The van der Waals surface area contributed by atoms with Crippen LogP contribution in [-0.4, -0.2) is 34.1 Å². The third-order valence-corrected chi connectivity index (χ3v) is 3.26. The molecule has 0 aromatic carbocycles. The van der Waals surface area contributed by atoms with Crippen molar-refractivity contribution < 1.29 is 4.74 Å². The van der Waals surface area contributed by atoms with E-state index in [9.17, 15) is 0 Å². The summed E-state index contributed by atoms with van der Waals surface area (Å²) in [6, 6.07) is 0. The molecule has 2 aromatic heterocycles. The van der Waals surface area contributed by atoms with Gasteiger partial charge in [-0.2, -0.15) is 0 Å². The van der Waals surface area contributed by atoms with Crippen LogP contribution in [0.2, 0.25) is 0 Å². The number of aromatic nitrogens is 3. The summed E-state index contributed by atoms with van der Waals surface area (Å²) in [6.07, 6.45) is 7.61. The lowest BCUT2D eigenvalue weighted by Crippen LogP contribution is -2.11. The molecule has 0 spiro atoms. The van der Waals surface area contributed by atoms with Crippen molar-refractivity contribution in [1.82, 2.24) is 14.4 Å². The summed E-state index contributed by atoms with van der Waals surface area (Å²) in [5.41, 5.74) is 6.57. The Kier molecular flexibility index (Phi) is 3.02. The van der Waals surface area contributed by atoms with E-state index < -0.39 is 0 Å². The van der Waals surface area contributed by atoms with Gasteiger partial charge in [-0.25, -0.2) is 9.97 Å². The van der Waals surface area contributed by atoms with Gasteiger partial charge in [-0.05, 0) is 18.8 Å². The highest BCUT2D eigenvalue weighted by Crippen LogP contribution is 2.18. The van der Waals surface area contributed by atoms with E-state index in [1.165, 1.54) is 0 Å². The average Bonchev–Trinajstić information content (AvgIpc) is 2.98. The van der Waals surface area contributed by atoms with Crippen LogP contribution in [0, 0.1) is 5.92 Å². The van der Waals surface area contributed by atoms with E-state index in [2.05, 4.69) is 15.3 Å². The fourth-order valence-electron chi connectivity index (χ4n) is 2.28. The molecule has 6 nitrogen and oxygen atoms in total. The predicted molar refractivity (Wildman–Crippen MR) is 69.4 cm³/mol. The summed E-state index contributed by atoms with van der Waals surface area (Å²) < 4.78 is 7.24. The van der Waals surface area contributed by atoms with Crippen LogP contribution < -0.4 is 11.1 Å². The van der Waals surface area contributed by atoms with E-state index in [1.807, 2.05) is 10.6 Å². The number of anilines is 2. The van der Waals surface area contributed by atoms with Crippen molar-refractivity contribution in [1.29, 1.82) is 0 Å². The van der Waals surface area contributed by atoms with Crippen LogP contribution in [0.25, 0.3) is 5.65 Å². The predicted octanol–water partition coefficient (Wildman–Crippen LogP) is 1.15. The Hall–Kier alpha value is -1.82. The van der Waals surface area contributed by atoms with E-state index in [0.717, 1.165) is 44.1 Å². The van der Waals surface area contributed by atoms with Gasteiger partial charge in [0.05, 0.1) is 6.20 Å². The zero-order chi connectivity index (χ0) is 12.4. The minimum Gasteiger partial charge on any atom is -0.382 e. The maximum atomic E-state index is 5.76. The largest absolute Gasteiger partial charge is 0.382 e. The molecule has 0 bridgehead atoms. The number of nitrogen functional groups attached to an aromatic ring is 1. The second kappa shape index (κ2) is 4.81. The van der Waals surface area contributed by atoms with Gasteiger partial charge in [0.25, 0.3) is 0 Å². The van der Waals surface area contributed by atoms with Gasteiger partial charge >= 0.3 is 0 Å².